The summed E-state index contributed by atoms with van der Waals surface area (Å²) in [6.07, 6.45) is 7.74. The predicted molar refractivity (Wildman–Crippen MR) is 79.3 cm³/mol. The van der Waals surface area contributed by atoms with Crippen LogP contribution in [0.2, 0.25) is 0 Å². The summed E-state index contributed by atoms with van der Waals surface area (Å²) in [5.74, 6) is 0.624. The number of rotatable bonds is 0. The van der Waals surface area contributed by atoms with Crippen molar-refractivity contribution in [1.29, 1.82) is 0 Å². The molecule has 3 rings (SSSR count). The Kier molecular flexibility index (Phi) is 3.23. The van der Waals surface area contributed by atoms with Crippen LogP contribution in [0.5, 0.6) is 0 Å². The topological polar surface area (TPSA) is 34.1 Å². The predicted octanol–water partition coefficient (Wildman–Crippen LogP) is 4.01. The van der Waals surface area contributed by atoms with E-state index in [1.807, 2.05) is 6.08 Å². The van der Waals surface area contributed by atoms with E-state index in [0.717, 1.165) is 49.7 Å². The summed E-state index contributed by atoms with van der Waals surface area (Å²) in [7, 11) is 0. The largest absolute Gasteiger partial charge is 0.299 e. The first-order valence-electron chi connectivity index (χ1n) is 7.91. The summed E-state index contributed by atoms with van der Waals surface area (Å²) in [6.45, 7) is 6.24. The summed E-state index contributed by atoms with van der Waals surface area (Å²) >= 11 is 0. The standard InChI is InChI=1S/C18H24O2/c1-11-8-9-14-17(20)13-7-5-4-6-12(13)10-15(19)16(11)18(14,2)3/h10,13-14H,4-9H2,1-3H3/b12-10-/t13-,14+/m1/s1. The van der Waals surface area contributed by atoms with Crippen LogP contribution in [-0.4, -0.2) is 11.6 Å². The van der Waals surface area contributed by atoms with Gasteiger partial charge in [-0.15, -0.1) is 0 Å². The van der Waals surface area contributed by atoms with Crippen molar-refractivity contribution in [2.24, 2.45) is 17.3 Å². The minimum absolute atomic E-state index is 0.0249. The molecule has 2 heteroatoms. The van der Waals surface area contributed by atoms with Crippen molar-refractivity contribution >= 4 is 11.6 Å². The third-order valence-electron chi connectivity index (χ3n) is 5.66. The highest BCUT2D eigenvalue weighted by Gasteiger charge is 2.47. The first-order chi connectivity index (χ1) is 9.43. The lowest BCUT2D eigenvalue weighted by atomic mass is 9.58. The van der Waals surface area contributed by atoms with Gasteiger partial charge < -0.3 is 0 Å². The maximum atomic E-state index is 13.0. The number of carbonyl (C=O) groups is 2. The summed E-state index contributed by atoms with van der Waals surface area (Å²) in [5, 5.41) is 0. The third-order valence-corrected chi connectivity index (χ3v) is 5.66. The SMILES string of the molecule is CC1=C2C(=O)/C=C3/CCCC[C@H]3C(=O)[C@H](CC1)C2(C)C. The fraction of sp³-hybridized carbons (Fsp3) is 0.667. The summed E-state index contributed by atoms with van der Waals surface area (Å²) in [6, 6.07) is 0. The smallest absolute Gasteiger partial charge is 0.182 e. The van der Waals surface area contributed by atoms with Crippen molar-refractivity contribution in [1.82, 2.24) is 0 Å². The second kappa shape index (κ2) is 4.68. The molecule has 0 spiro atoms. The van der Waals surface area contributed by atoms with Crippen LogP contribution in [0.15, 0.2) is 22.8 Å². The number of hydrogen-bond donors (Lipinski definition) is 0. The lowest BCUT2D eigenvalue weighted by molar-refractivity contribution is -0.130. The molecule has 20 heavy (non-hydrogen) atoms. The zero-order valence-corrected chi connectivity index (χ0v) is 12.8. The number of carbonyl (C=O) groups excluding carboxylic acids is 2. The van der Waals surface area contributed by atoms with E-state index < -0.39 is 0 Å². The highest BCUT2D eigenvalue weighted by Crippen LogP contribution is 2.49. The first-order valence-corrected chi connectivity index (χ1v) is 7.91. The van der Waals surface area contributed by atoms with Gasteiger partial charge in [-0.1, -0.05) is 31.4 Å². The molecule has 1 saturated carbocycles. The average Bonchev–Trinajstić information content (AvgIpc) is 2.37. The van der Waals surface area contributed by atoms with E-state index in [0.29, 0.717) is 5.78 Å². The number of allylic oxidation sites excluding steroid dienone is 4. The van der Waals surface area contributed by atoms with Crippen LogP contribution < -0.4 is 0 Å². The van der Waals surface area contributed by atoms with Crippen LogP contribution in [0.3, 0.4) is 0 Å². The molecular weight excluding hydrogens is 248 g/mol. The van der Waals surface area contributed by atoms with Crippen molar-refractivity contribution in [3.05, 3.63) is 22.8 Å². The quantitative estimate of drug-likeness (QED) is 0.667. The Hall–Kier alpha value is -1.18. The zero-order chi connectivity index (χ0) is 14.5. The lowest BCUT2D eigenvalue weighted by Gasteiger charge is -2.43. The van der Waals surface area contributed by atoms with Crippen LogP contribution in [-0.2, 0) is 9.59 Å². The highest BCUT2D eigenvalue weighted by molar-refractivity contribution is 6.08. The summed E-state index contributed by atoms with van der Waals surface area (Å²) < 4.78 is 0. The molecule has 0 amide bonds. The van der Waals surface area contributed by atoms with Gasteiger partial charge in [0.1, 0.15) is 5.78 Å². The van der Waals surface area contributed by atoms with Crippen molar-refractivity contribution in [3.8, 4) is 0 Å². The zero-order valence-electron chi connectivity index (χ0n) is 12.8. The molecule has 0 N–H and O–H groups in total. The molecule has 0 heterocycles. The Morgan fingerprint density at radius 1 is 1.10 bits per heavy atom. The van der Waals surface area contributed by atoms with Crippen molar-refractivity contribution in [3.63, 3.8) is 0 Å². The molecule has 0 aromatic rings. The Bertz CT molecular complexity index is 534. The number of Topliss-reactive ketones (excluding diaryl/α,β-unsaturated/α-hetero) is 1. The van der Waals surface area contributed by atoms with Gasteiger partial charge >= 0.3 is 0 Å². The van der Waals surface area contributed by atoms with Gasteiger partial charge in [0.2, 0.25) is 0 Å². The van der Waals surface area contributed by atoms with Crippen LogP contribution in [0.4, 0.5) is 0 Å². The molecule has 2 atom stereocenters. The molecule has 0 saturated heterocycles. The highest BCUT2D eigenvalue weighted by atomic mass is 16.1. The lowest BCUT2D eigenvalue weighted by Crippen LogP contribution is -2.43. The van der Waals surface area contributed by atoms with E-state index in [2.05, 4.69) is 20.8 Å². The fourth-order valence-corrected chi connectivity index (χ4v) is 4.62. The Morgan fingerprint density at radius 2 is 1.85 bits per heavy atom. The van der Waals surface area contributed by atoms with E-state index in [9.17, 15) is 9.59 Å². The van der Waals surface area contributed by atoms with E-state index in [1.54, 1.807) is 0 Å². The van der Waals surface area contributed by atoms with Crippen molar-refractivity contribution in [2.45, 2.75) is 59.3 Å². The normalized spacial score (nSPS) is 35.9. The van der Waals surface area contributed by atoms with E-state index >= 15 is 0 Å². The molecule has 1 fully saturated rings. The third kappa shape index (κ3) is 1.92. The van der Waals surface area contributed by atoms with Gasteiger partial charge in [0, 0.05) is 22.8 Å². The van der Waals surface area contributed by atoms with E-state index in [4.69, 9.17) is 0 Å². The van der Waals surface area contributed by atoms with Crippen LogP contribution in [0.25, 0.3) is 0 Å². The van der Waals surface area contributed by atoms with Gasteiger partial charge in [-0.3, -0.25) is 9.59 Å². The molecule has 0 unspecified atom stereocenters. The summed E-state index contributed by atoms with van der Waals surface area (Å²) in [4.78, 5) is 25.7. The maximum absolute atomic E-state index is 13.0. The molecule has 3 aliphatic carbocycles. The Morgan fingerprint density at radius 3 is 2.60 bits per heavy atom. The molecular formula is C18H24O2. The summed E-state index contributed by atoms with van der Waals surface area (Å²) in [5.41, 5.74) is 2.92. The second-order valence-electron chi connectivity index (χ2n) is 7.25. The van der Waals surface area contributed by atoms with Crippen LogP contribution >= 0.6 is 0 Å². The Labute approximate surface area is 121 Å². The number of ketones is 2. The molecule has 2 bridgehead atoms. The Balaban J connectivity index is 2.17. The van der Waals surface area contributed by atoms with Gasteiger partial charge in [-0.05, 0) is 45.1 Å². The molecule has 0 aromatic carbocycles. The van der Waals surface area contributed by atoms with E-state index in [-0.39, 0.29) is 23.0 Å². The van der Waals surface area contributed by atoms with Crippen molar-refractivity contribution < 1.29 is 9.59 Å². The minimum Gasteiger partial charge on any atom is -0.299 e. The number of hydrogen-bond acceptors (Lipinski definition) is 2. The molecule has 108 valence electrons. The molecule has 0 radical (unpaired) electrons. The fourth-order valence-electron chi connectivity index (χ4n) is 4.62. The molecule has 0 aromatic heterocycles. The van der Waals surface area contributed by atoms with Gasteiger partial charge in [-0.2, -0.15) is 0 Å². The number of fused-ring (bicyclic) bond motifs is 3. The van der Waals surface area contributed by atoms with Crippen LogP contribution in [0.1, 0.15) is 59.3 Å². The van der Waals surface area contributed by atoms with Crippen LogP contribution in [0, 0.1) is 17.3 Å². The maximum Gasteiger partial charge on any atom is 0.182 e. The second-order valence-corrected chi connectivity index (χ2v) is 7.25. The molecule has 3 aliphatic rings. The first kappa shape index (κ1) is 13.8. The van der Waals surface area contributed by atoms with Gasteiger partial charge in [0.15, 0.2) is 5.78 Å². The minimum atomic E-state index is -0.296. The monoisotopic (exact) mass is 272 g/mol. The molecule has 0 aliphatic heterocycles. The molecule has 2 nitrogen and oxygen atoms in total. The van der Waals surface area contributed by atoms with Crippen molar-refractivity contribution in [2.75, 3.05) is 0 Å². The van der Waals surface area contributed by atoms with Gasteiger partial charge in [0.25, 0.3) is 0 Å². The van der Waals surface area contributed by atoms with Gasteiger partial charge in [0.05, 0.1) is 0 Å². The van der Waals surface area contributed by atoms with E-state index in [1.165, 1.54) is 5.57 Å². The average molecular weight is 272 g/mol. The van der Waals surface area contributed by atoms with Gasteiger partial charge in [-0.25, -0.2) is 0 Å².